The highest BCUT2D eigenvalue weighted by Crippen LogP contribution is 2.32. The Morgan fingerprint density at radius 1 is 1.15 bits per heavy atom. The van der Waals surface area contributed by atoms with E-state index in [1.165, 1.54) is 11.1 Å². The zero-order chi connectivity index (χ0) is 18.8. The molecule has 0 unspecified atom stereocenters. The molecule has 0 amide bonds. The number of benzene rings is 2. The first-order valence-electron chi connectivity index (χ1n) is 8.41. The van der Waals surface area contributed by atoms with Gasteiger partial charge in [0.25, 0.3) is 0 Å². The molecule has 0 aliphatic heterocycles. The number of halogens is 1. The first-order chi connectivity index (χ1) is 13.1. The summed E-state index contributed by atoms with van der Waals surface area (Å²) < 4.78 is 2.03. The minimum atomic E-state index is 0.723. The van der Waals surface area contributed by atoms with Crippen molar-refractivity contribution in [2.75, 3.05) is 0 Å². The van der Waals surface area contributed by atoms with E-state index in [1.54, 1.807) is 29.4 Å². The van der Waals surface area contributed by atoms with Crippen LogP contribution in [0.3, 0.4) is 0 Å². The van der Waals surface area contributed by atoms with Gasteiger partial charge in [0.2, 0.25) is 0 Å². The molecule has 0 saturated carbocycles. The largest absolute Gasteiger partial charge is 0.276 e. The minimum absolute atomic E-state index is 0.723. The Morgan fingerprint density at radius 3 is 2.81 bits per heavy atom. The fourth-order valence-corrected chi connectivity index (χ4v) is 4.89. The average molecular weight is 413 g/mol. The van der Waals surface area contributed by atoms with E-state index in [9.17, 15) is 0 Å². The monoisotopic (exact) mass is 412 g/mol. The second kappa shape index (κ2) is 7.84. The van der Waals surface area contributed by atoms with Gasteiger partial charge in [-0.1, -0.05) is 59.3 Å². The second-order valence-electron chi connectivity index (χ2n) is 6.19. The molecular formula is C20H17ClN4S2. The van der Waals surface area contributed by atoms with Crippen molar-refractivity contribution in [3.05, 3.63) is 76.0 Å². The van der Waals surface area contributed by atoms with E-state index in [1.807, 2.05) is 28.8 Å². The normalized spacial score (nSPS) is 11.1. The molecule has 4 nitrogen and oxygen atoms in total. The highest BCUT2D eigenvalue weighted by molar-refractivity contribution is 7.98. The van der Waals surface area contributed by atoms with Crippen LogP contribution >= 0.6 is 34.7 Å². The van der Waals surface area contributed by atoms with Crippen LogP contribution in [0.25, 0.3) is 16.3 Å². The molecule has 27 heavy (non-hydrogen) atoms. The summed E-state index contributed by atoms with van der Waals surface area (Å²) in [6.07, 6.45) is 1.76. The molecule has 2 heterocycles. The third-order valence-corrected chi connectivity index (χ3v) is 6.36. The molecule has 0 spiro atoms. The smallest absolute Gasteiger partial charge is 0.196 e. The Kier molecular flexibility index (Phi) is 5.29. The predicted molar refractivity (Wildman–Crippen MR) is 113 cm³/mol. The van der Waals surface area contributed by atoms with Crippen LogP contribution in [0.5, 0.6) is 0 Å². The van der Waals surface area contributed by atoms with Gasteiger partial charge in [-0.2, -0.15) is 0 Å². The first-order valence-corrected chi connectivity index (χ1v) is 10.7. The van der Waals surface area contributed by atoms with Gasteiger partial charge in [-0.15, -0.1) is 21.5 Å². The van der Waals surface area contributed by atoms with Crippen molar-refractivity contribution in [3.63, 3.8) is 0 Å². The number of hydrogen-bond donors (Lipinski definition) is 0. The zero-order valence-electron chi connectivity index (χ0n) is 14.9. The van der Waals surface area contributed by atoms with E-state index < -0.39 is 0 Å². The van der Waals surface area contributed by atoms with Crippen LogP contribution in [0.15, 0.2) is 59.3 Å². The maximum absolute atomic E-state index is 6.28. The van der Waals surface area contributed by atoms with E-state index in [-0.39, 0.29) is 0 Å². The molecule has 4 aromatic rings. The van der Waals surface area contributed by atoms with Crippen LogP contribution in [0.1, 0.15) is 16.8 Å². The van der Waals surface area contributed by atoms with Gasteiger partial charge >= 0.3 is 0 Å². The van der Waals surface area contributed by atoms with Gasteiger partial charge < -0.3 is 0 Å². The Morgan fingerprint density at radius 2 is 2.00 bits per heavy atom. The van der Waals surface area contributed by atoms with Crippen molar-refractivity contribution in [2.45, 2.75) is 24.8 Å². The zero-order valence-corrected chi connectivity index (χ0v) is 17.3. The van der Waals surface area contributed by atoms with Crippen LogP contribution in [0, 0.1) is 13.8 Å². The summed E-state index contributed by atoms with van der Waals surface area (Å²) in [5, 5.41) is 13.0. The number of aryl methyl sites for hydroxylation is 2. The van der Waals surface area contributed by atoms with Crippen molar-refractivity contribution in [1.29, 1.82) is 0 Å². The predicted octanol–water partition coefficient (Wildman–Crippen LogP) is 5.95. The van der Waals surface area contributed by atoms with Gasteiger partial charge in [0.1, 0.15) is 11.3 Å². The van der Waals surface area contributed by atoms with E-state index in [0.29, 0.717) is 0 Å². The molecule has 0 fully saturated rings. The fraction of sp³-hybridized carbons (Fsp3) is 0.150. The fourth-order valence-electron chi connectivity index (χ4n) is 2.83. The number of thioether (sulfide) groups is 1. The third-order valence-electron chi connectivity index (χ3n) is 4.13. The lowest BCUT2D eigenvalue weighted by atomic mass is 10.1. The van der Waals surface area contributed by atoms with Gasteiger partial charge in [0.15, 0.2) is 5.16 Å². The molecule has 4 rings (SSSR count). The van der Waals surface area contributed by atoms with Gasteiger partial charge in [0.05, 0.1) is 16.4 Å². The molecule has 0 bridgehead atoms. The summed E-state index contributed by atoms with van der Waals surface area (Å²) in [6, 6.07) is 14.2. The van der Waals surface area contributed by atoms with Crippen LogP contribution in [-0.4, -0.2) is 19.7 Å². The summed E-state index contributed by atoms with van der Waals surface area (Å²) in [7, 11) is 0. The van der Waals surface area contributed by atoms with Gasteiger partial charge in [-0.05, 0) is 31.5 Å². The Labute approximate surface area is 171 Å². The lowest BCUT2D eigenvalue weighted by molar-refractivity contribution is 0.877. The third kappa shape index (κ3) is 3.93. The van der Waals surface area contributed by atoms with E-state index >= 15 is 0 Å². The lowest BCUT2D eigenvalue weighted by Gasteiger charge is -2.09. The number of thiazole rings is 1. The van der Waals surface area contributed by atoms with Crippen LogP contribution in [-0.2, 0) is 5.75 Å². The molecule has 2 aromatic heterocycles. The molecule has 0 saturated heterocycles. The first kappa shape index (κ1) is 18.2. The van der Waals surface area contributed by atoms with Gasteiger partial charge in [0, 0.05) is 16.7 Å². The SMILES string of the molecule is Cc1ccc(-n2cnnc2SCc2csc(-c3ccccc3Cl)n2)c(C)c1. The van der Waals surface area contributed by atoms with E-state index in [2.05, 4.69) is 47.6 Å². The van der Waals surface area contributed by atoms with Crippen molar-refractivity contribution < 1.29 is 0 Å². The maximum atomic E-state index is 6.28. The lowest BCUT2D eigenvalue weighted by Crippen LogP contribution is -1.98. The van der Waals surface area contributed by atoms with Crippen molar-refractivity contribution in [1.82, 2.24) is 19.7 Å². The van der Waals surface area contributed by atoms with Crippen molar-refractivity contribution >= 4 is 34.7 Å². The second-order valence-corrected chi connectivity index (χ2v) is 8.39. The van der Waals surface area contributed by atoms with E-state index in [0.717, 1.165) is 37.9 Å². The molecule has 7 heteroatoms. The highest BCUT2D eigenvalue weighted by Gasteiger charge is 2.12. The van der Waals surface area contributed by atoms with Crippen molar-refractivity contribution in [2.24, 2.45) is 0 Å². The molecule has 2 aromatic carbocycles. The quantitative estimate of drug-likeness (QED) is 0.379. The summed E-state index contributed by atoms with van der Waals surface area (Å²) in [5.41, 5.74) is 5.52. The molecule has 136 valence electrons. The molecule has 0 aliphatic carbocycles. The van der Waals surface area contributed by atoms with Crippen LogP contribution in [0.4, 0.5) is 0 Å². The molecule has 0 radical (unpaired) electrons. The van der Waals surface area contributed by atoms with Gasteiger partial charge in [-0.3, -0.25) is 4.57 Å². The summed E-state index contributed by atoms with van der Waals surface area (Å²) >= 11 is 9.52. The standard InChI is InChI=1S/C20H17ClN4S2/c1-13-7-8-18(14(2)9-13)25-12-22-24-20(25)27-11-15-10-26-19(23-15)16-5-3-4-6-17(16)21/h3-10,12H,11H2,1-2H3. The molecular weight excluding hydrogens is 396 g/mol. The summed E-state index contributed by atoms with van der Waals surface area (Å²) in [6.45, 7) is 4.20. The molecule has 0 atom stereocenters. The van der Waals surface area contributed by atoms with Gasteiger partial charge in [-0.25, -0.2) is 4.98 Å². The number of nitrogens with zero attached hydrogens (tertiary/aromatic N) is 4. The van der Waals surface area contributed by atoms with E-state index in [4.69, 9.17) is 16.6 Å². The molecule has 0 N–H and O–H groups in total. The Hall–Kier alpha value is -2.15. The highest BCUT2D eigenvalue weighted by atomic mass is 35.5. The Balaban J connectivity index is 1.52. The van der Waals surface area contributed by atoms with Crippen molar-refractivity contribution in [3.8, 4) is 16.3 Å². The summed E-state index contributed by atoms with van der Waals surface area (Å²) in [5.74, 6) is 0.727. The summed E-state index contributed by atoms with van der Waals surface area (Å²) in [4.78, 5) is 4.73. The number of hydrogen-bond acceptors (Lipinski definition) is 5. The maximum Gasteiger partial charge on any atom is 0.196 e. The number of aromatic nitrogens is 4. The Bertz CT molecular complexity index is 1090. The average Bonchev–Trinajstić information content (AvgIpc) is 3.30. The minimum Gasteiger partial charge on any atom is -0.276 e. The topological polar surface area (TPSA) is 43.6 Å². The molecule has 0 aliphatic rings. The van der Waals surface area contributed by atoms with Crippen LogP contribution in [0.2, 0.25) is 5.02 Å². The number of rotatable bonds is 5. The van der Waals surface area contributed by atoms with Crippen LogP contribution < -0.4 is 0 Å².